The molecular formula is C14H22N4O8P2S2. The molecule has 3 aliphatic heterocycles. The molecule has 0 aliphatic carbocycles. The second kappa shape index (κ2) is 8.86. The van der Waals surface area contributed by atoms with E-state index in [-0.39, 0.29) is 33.0 Å². The van der Waals surface area contributed by atoms with Gasteiger partial charge in [0.15, 0.2) is 5.82 Å². The van der Waals surface area contributed by atoms with E-state index in [1.807, 2.05) is 9.80 Å². The maximum atomic E-state index is 12.8. The molecule has 2 fully saturated rings. The fourth-order valence-corrected chi connectivity index (χ4v) is 6.11. The molecule has 12 nitrogen and oxygen atoms in total. The number of aliphatic hydroxyl groups excluding tert-OH is 1. The summed E-state index contributed by atoms with van der Waals surface area (Å²) in [4.78, 5) is 12.0. The number of anilines is 2. The first-order chi connectivity index (χ1) is 14.2. The summed E-state index contributed by atoms with van der Waals surface area (Å²) in [5, 5.41) is 10.4. The van der Waals surface area contributed by atoms with Crippen molar-refractivity contribution in [2.24, 2.45) is 0 Å². The van der Waals surface area contributed by atoms with Gasteiger partial charge in [-0.15, -0.1) is 0 Å². The summed E-state index contributed by atoms with van der Waals surface area (Å²) in [5.74, 6) is 0.613. The number of ether oxygens (including phenoxy) is 1. The molecule has 0 radical (unpaired) electrons. The van der Waals surface area contributed by atoms with Gasteiger partial charge in [0.2, 0.25) is 0 Å². The van der Waals surface area contributed by atoms with Gasteiger partial charge in [-0.25, -0.2) is 19.1 Å². The minimum Gasteiger partial charge on any atom is -0.387 e. The first-order valence-corrected chi connectivity index (χ1v) is 14.4. The highest BCUT2D eigenvalue weighted by Gasteiger charge is 2.43. The second-order valence-electron chi connectivity index (χ2n) is 6.88. The molecule has 16 heteroatoms. The highest BCUT2D eigenvalue weighted by molar-refractivity contribution is 8.44. The molecule has 168 valence electrons. The average molecular weight is 500 g/mol. The molecule has 30 heavy (non-hydrogen) atoms. The highest BCUT2D eigenvalue weighted by atomic mass is 32.7. The lowest BCUT2D eigenvalue weighted by Crippen LogP contribution is -2.46. The minimum atomic E-state index is -3.83. The van der Waals surface area contributed by atoms with E-state index >= 15 is 0 Å². The Labute approximate surface area is 183 Å². The molecule has 4 heterocycles. The first-order valence-electron chi connectivity index (χ1n) is 9.04. The lowest BCUT2D eigenvalue weighted by atomic mass is 10.2. The van der Waals surface area contributed by atoms with Gasteiger partial charge in [0.05, 0.1) is 32.6 Å². The third-order valence-electron chi connectivity index (χ3n) is 5.01. The van der Waals surface area contributed by atoms with E-state index in [1.54, 1.807) is 13.2 Å². The van der Waals surface area contributed by atoms with Crippen LogP contribution in [0.15, 0.2) is 12.5 Å². The Morgan fingerprint density at radius 1 is 1.13 bits per heavy atom. The van der Waals surface area contributed by atoms with Gasteiger partial charge in [0.25, 0.3) is 0 Å². The molecule has 2 bridgehead atoms. The molecule has 0 saturated carbocycles. The van der Waals surface area contributed by atoms with Crippen LogP contribution in [0.5, 0.6) is 0 Å². The SMILES string of the molecule is CN1c2cncnc2N2CCOP(=O)(S)OC[C@H]3OC[C@H](OP(=O)(S)OCC12)[C@@H]3O. The van der Waals surface area contributed by atoms with E-state index < -0.39 is 38.1 Å². The fourth-order valence-electron chi connectivity index (χ4n) is 3.47. The number of hydrogen-bond donors (Lipinski definition) is 3. The van der Waals surface area contributed by atoms with Crippen LogP contribution in [0, 0.1) is 0 Å². The van der Waals surface area contributed by atoms with Gasteiger partial charge in [0.1, 0.15) is 36.5 Å². The normalized spacial score (nSPS) is 40.4. The van der Waals surface area contributed by atoms with Crippen molar-refractivity contribution in [3.63, 3.8) is 0 Å². The van der Waals surface area contributed by atoms with Crippen LogP contribution in [0.2, 0.25) is 0 Å². The van der Waals surface area contributed by atoms with Crippen LogP contribution >= 0.6 is 38.1 Å². The summed E-state index contributed by atoms with van der Waals surface area (Å²) >= 11 is 8.01. The molecular weight excluding hydrogens is 478 g/mol. The van der Waals surface area contributed by atoms with Crippen molar-refractivity contribution in [2.45, 2.75) is 24.5 Å². The molecule has 3 unspecified atom stereocenters. The van der Waals surface area contributed by atoms with Gasteiger partial charge in [-0.05, 0) is 0 Å². The monoisotopic (exact) mass is 500 g/mol. The van der Waals surface area contributed by atoms with Crippen LogP contribution in [0.4, 0.5) is 11.5 Å². The molecule has 4 rings (SSSR count). The second-order valence-corrected chi connectivity index (χ2v) is 12.7. The number of fused-ring (bicyclic) bond motifs is 5. The molecule has 6 atom stereocenters. The van der Waals surface area contributed by atoms with Crippen molar-refractivity contribution < 1.29 is 37.1 Å². The lowest BCUT2D eigenvalue weighted by molar-refractivity contribution is -0.000111. The van der Waals surface area contributed by atoms with E-state index in [1.165, 1.54) is 6.33 Å². The zero-order valence-electron chi connectivity index (χ0n) is 15.9. The van der Waals surface area contributed by atoms with Gasteiger partial charge >= 0.3 is 13.6 Å². The first kappa shape index (κ1) is 22.8. The van der Waals surface area contributed by atoms with E-state index in [2.05, 4.69) is 34.5 Å². The standard InChI is InChI=1S/C14H22N4O8P2S2/c1-17-9-4-15-8-16-14(9)18-2-3-23-27(20,29)24-6-10-13(19)11(5-22-10)26-28(21,30)25-7-12(17)18/h4,8,10-13,19H,2-3,5-7H2,1H3,(H,20,29)(H,21,30)/t10-,11+,12?,13-,27?,28?/m1/s1. The largest absolute Gasteiger partial charge is 0.387 e. The molecule has 0 amide bonds. The van der Waals surface area contributed by atoms with Gasteiger partial charge < -0.3 is 19.6 Å². The number of nitrogens with zero attached hydrogens (tertiary/aromatic N) is 4. The maximum Gasteiger partial charge on any atom is 0.386 e. The van der Waals surface area contributed by atoms with Crippen LogP contribution < -0.4 is 9.80 Å². The van der Waals surface area contributed by atoms with Crippen LogP contribution in [0.1, 0.15) is 0 Å². The topological polar surface area (TPSA) is 133 Å². The fraction of sp³-hybridized carbons (Fsp3) is 0.714. The molecule has 0 spiro atoms. The Balaban J connectivity index is 1.59. The number of aliphatic hydroxyl groups is 1. The molecule has 1 N–H and O–H groups in total. The Kier molecular flexibility index (Phi) is 6.72. The highest BCUT2D eigenvalue weighted by Crippen LogP contribution is 2.56. The van der Waals surface area contributed by atoms with Crippen molar-refractivity contribution in [3.8, 4) is 0 Å². The predicted molar refractivity (Wildman–Crippen MR) is 113 cm³/mol. The molecule has 1 aromatic heterocycles. The van der Waals surface area contributed by atoms with E-state index in [0.717, 1.165) is 5.69 Å². The van der Waals surface area contributed by atoms with E-state index in [9.17, 15) is 14.2 Å². The zero-order chi connectivity index (χ0) is 21.5. The summed E-state index contributed by atoms with van der Waals surface area (Å²) < 4.78 is 52.2. The van der Waals surface area contributed by atoms with Gasteiger partial charge in [0, 0.05) is 13.6 Å². The van der Waals surface area contributed by atoms with Crippen molar-refractivity contribution in [3.05, 3.63) is 12.5 Å². The van der Waals surface area contributed by atoms with Crippen molar-refractivity contribution in [1.82, 2.24) is 9.97 Å². The Morgan fingerprint density at radius 2 is 1.90 bits per heavy atom. The number of likely N-dealkylation sites (N-methyl/N-ethyl adjacent to an activating group) is 1. The van der Waals surface area contributed by atoms with E-state index in [4.69, 9.17) is 22.8 Å². The quantitative estimate of drug-likeness (QED) is 0.351. The maximum absolute atomic E-state index is 12.8. The van der Waals surface area contributed by atoms with Crippen molar-refractivity contribution >= 4 is 49.6 Å². The predicted octanol–water partition coefficient (Wildman–Crippen LogP) is 1.34. The van der Waals surface area contributed by atoms with Gasteiger partial charge in [-0.3, -0.25) is 18.1 Å². The number of aromatic nitrogens is 2. The molecule has 1 aromatic rings. The smallest absolute Gasteiger partial charge is 0.386 e. The summed E-state index contributed by atoms with van der Waals surface area (Å²) in [6.45, 7) is -7.64. The zero-order valence-corrected chi connectivity index (χ0v) is 19.5. The van der Waals surface area contributed by atoms with Gasteiger partial charge in [-0.1, -0.05) is 24.5 Å². The number of hydrogen-bond acceptors (Lipinski definition) is 12. The summed E-state index contributed by atoms with van der Waals surface area (Å²) in [6, 6.07) is 0. The molecule has 2 saturated heterocycles. The Hall–Kier alpha value is -0.400. The van der Waals surface area contributed by atoms with E-state index in [0.29, 0.717) is 5.82 Å². The van der Waals surface area contributed by atoms with Crippen molar-refractivity contribution in [1.29, 1.82) is 0 Å². The number of thiol groups is 2. The van der Waals surface area contributed by atoms with Gasteiger partial charge in [-0.2, -0.15) is 0 Å². The summed E-state index contributed by atoms with van der Waals surface area (Å²) in [5.41, 5.74) is 0.731. The molecule has 3 aliphatic rings. The minimum absolute atomic E-state index is 0.000296. The molecule has 0 aromatic carbocycles. The summed E-state index contributed by atoms with van der Waals surface area (Å²) in [7, 11) is 1.81. The Bertz CT molecular complexity index is 884. The van der Waals surface area contributed by atoms with Crippen LogP contribution in [-0.4, -0.2) is 79.6 Å². The van der Waals surface area contributed by atoms with Crippen LogP contribution in [0.3, 0.4) is 0 Å². The van der Waals surface area contributed by atoms with Crippen LogP contribution in [-0.2, 0) is 32.0 Å². The van der Waals surface area contributed by atoms with Crippen LogP contribution in [0.25, 0.3) is 0 Å². The van der Waals surface area contributed by atoms with Crippen molar-refractivity contribution in [2.75, 3.05) is 49.8 Å². The third kappa shape index (κ3) is 4.83. The lowest BCUT2D eigenvalue weighted by Gasteiger charge is -2.31. The average Bonchev–Trinajstić information content (AvgIpc) is 3.16. The number of rotatable bonds is 0. The Morgan fingerprint density at radius 3 is 2.70 bits per heavy atom. The third-order valence-corrected chi connectivity index (χ3v) is 8.33. The summed E-state index contributed by atoms with van der Waals surface area (Å²) in [6.07, 6.45) is -0.374.